The summed E-state index contributed by atoms with van der Waals surface area (Å²) in [5, 5.41) is 0.361. The third kappa shape index (κ3) is 4.62. The molecule has 2 unspecified atom stereocenters. The molecule has 1 aromatic rings. The minimum atomic E-state index is -0.271. The van der Waals surface area contributed by atoms with Crippen LogP contribution in [0.2, 0.25) is 5.02 Å². The Hall–Kier alpha value is -0.310. The van der Waals surface area contributed by atoms with E-state index in [2.05, 4.69) is 0 Å². The Kier molecular flexibility index (Phi) is 5.93. The molecule has 2 atom stereocenters. The highest BCUT2D eigenvalue weighted by atomic mass is 35.5. The number of rotatable bonds is 5. The Labute approximate surface area is 124 Å². The van der Waals surface area contributed by atoms with Gasteiger partial charge in [0.25, 0.3) is 0 Å². The maximum atomic E-state index is 13.6. The van der Waals surface area contributed by atoms with Crippen LogP contribution < -0.4 is 0 Å². The van der Waals surface area contributed by atoms with Gasteiger partial charge in [0.1, 0.15) is 5.82 Å². The molecule has 1 fully saturated rings. The molecule has 1 heterocycles. The van der Waals surface area contributed by atoms with Crippen LogP contribution in [-0.4, -0.2) is 18.1 Å². The van der Waals surface area contributed by atoms with E-state index in [1.807, 2.05) is 0 Å². The van der Waals surface area contributed by atoms with Crippen molar-refractivity contribution in [1.29, 1.82) is 0 Å². The third-order valence-corrected chi connectivity index (χ3v) is 4.29. The largest absolute Gasteiger partial charge is 0.378 e. The highest BCUT2D eigenvalue weighted by molar-refractivity contribution is 6.31. The predicted molar refractivity (Wildman–Crippen MR) is 77.6 cm³/mol. The van der Waals surface area contributed by atoms with E-state index in [1.165, 1.54) is 12.5 Å². The summed E-state index contributed by atoms with van der Waals surface area (Å²) in [5.41, 5.74) is 0.522. The smallest absolute Gasteiger partial charge is 0.127 e. The Morgan fingerprint density at radius 1 is 1.37 bits per heavy atom. The van der Waals surface area contributed by atoms with Gasteiger partial charge in [0, 0.05) is 22.6 Å². The minimum absolute atomic E-state index is 0.0973. The number of ether oxygens (including phenoxy) is 1. The molecule has 0 bridgehead atoms. The van der Waals surface area contributed by atoms with Gasteiger partial charge in [-0.1, -0.05) is 17.7 Å². The van der Waals surface area contributed by atoms with Gasteiger partial charge in [-0.3, -0.25) is 0 Å². The summed E-state index contributed by atoms with van der Waals surface area (Å²) in [6.07, 6.45) is 6.08. The molecular weight excluding hydrogens is 286 g/mol. The van der Waals surface area contributed by atoms with Gasteiger partial charge in [-0.25, -0.2) is 4.39 Å². The summed E-state index contributed by atoms with van der Waals surface area (Å²) < 4.78 is 19.3. The van der Waals surface area contributed by atoms with E-state index in [9.17, 15) is 4.39 Å². The zero-order valence-corrected chi connectivity index (χ0v) is 12.4. The van der Waals surface area contributed by atoms with Crippen LogP contribution in [0.15, 0.2) is 18.2 Å². The van der Waals surface area contributed by atoms with Gasteiger partial charge in [-0.15, -0.1) is 11.6 Å². The molecule has 1 aliphatic heterocycles. The van der Waals surface area contributed by atoms with E-state index >= 15 is 0 Å². The number of alkyl halides is 1. The number of hydrogen-bond acceptors (Lipinski definition) is 1. The first-order valence-corrected chi connectivity index (χ1v) is 7.67. The normalized spacial score (nSPS) is 21.3. The second-order valence-corrected chi connectivity index (χ2v) is 6.09. The van der Waals surface area contributed by atoms with Crippen molar-refractivity contribution in [2.75, 3.05) is 6.61 Å². The third-order valence-electron chi connectivity index (χ3n) is 3.56. The molecule has 0 spiro atoms. The molecule has 1 nitrogen and oxygen atoms in total. The van der Waals surface area contributed by atoms with Crippen molar-refractivity contribution in [2.24, 2.45) is 0 Å². The van der Waals surface area contributed by atoms with E-state index in [0.717, 1.165) is 32.3 Å². The quantitative estimate of drug-likeness (QED) is 0.697. The fourth-order valence-electron chi connectivity index (χ4n) is 2.45. The topological polar surface area (TPSA) is 9.23 Å². The molecule has 0 amide bonds. The van der Waals surface area contributed by atoms with Gasteiger partial charge in [0.05, 0.1) is 6.10 Å². The molecule has 1 aliphatic rings. The van der Waals surface area contributed by atoms with E-state index in [0.29, 0.717) is 23.1 Å². The number of benzene rings is 1. The SMILES string of the molecule is Fc1cccc(Cl)c1CC(Cl)CCC1CCCCO1. The molecule has 1 aromatic carbocycles. The van der Waals surface area contributed by atoms with Gasteiger partial charge in [0.2, 0.25) is 0 Å². The Morgan fingerprint density at radius 2 is 2.21 bits per heavy atom. The Morgan fingerprint density at radius 3 is 2.89 bits per heavy atom. The Balaban J connectivity index is 1.82. The Bertz CT molecular complexity index is 385. The van der Waals surface area contributed by atoms with Crippen LogP contribution in [0.4, 0.5) is 4.39 Å². The molecule has 0 radical (unpaired) electrons. The summed E-state index contributed by atoms with van der Waals surface area (Å²) in [5.74, 6) is -0.271. The van der Waals surface area contributed by atoms with Crippen LogP contribution in [-0.2, 0) is 11.2 Å². The second-order valence-electron chi connectivity index (χ2n) is 5.07. The first-order valence-electron chi connectivity index (χ1n) is 6.85. The standard InChI is InChI=1S/C15H19Cl2FO/c16-11(7-8-12-4-1-2-9-19-12)10-13-14(17)5-3-6-15(13)18/h3,5-6,11-12H,1-2,4,7-10H2. The molecule has 106 valence electrons. The van der Waals surface area contributed by atoms with Crippen LogP contribution in [0, 0.1) is 5.82 Å². The summed E-state index contributed by atoms with van der Waals surface area (Å²) in [6.45, 7) is 0.858. The van der Waals surface area contributed by atoms with Gasteiger partial charge >= 0.3 is 0 Å². The van der Waals surface area contributed by atoms with Crippen LogP contribution in [0.5, 0.6) is 0 Å². The molecular formula is C15H19Cl2FO. The lowest BCUT2D eigenvalue weighted by Crippen LogP contribution is -2.20. The van der Waals surface area contributed by atoms with Crippen LogP contribution >= 0.6 is 23.2 Å². The summed E-state index contributed by atoms with van der Waals surface area (Å²) in [4.78, 5) is 0. The second kappa shape index (κ2) is 7.47. The minimum Gasteiger partial charge on any atom is -0.378 e. The van der Waals surface area contributed by atoms with E-state index in [4.69, 9.17) is 27.9 Å². The van der Waals surface area contributed by atoms with Crippen molar-refractivity contribution in [2.45, 2.75) is 50.0 Å². The van der Waals surface area contributed by atoms with Crippen molar-refractivity contribution >= 4 is 23.2 Å². The molecule has 4 heteroatoms. The van der Waals surface area contributed by atoms with Gasteiger partial charge < -0.3 is 4.74 Å². The number of hydrogen-bond donors (Lipinski definition) is 0. The van der Waals surface area contributed by atoms with Crippen molar-refractivity contribution in [3.63, 3.8) is 0 Å². The van der Waals surface area contributed by atoms with Crippen LogP contribution in [0.1, 0.15) is 37.7 Å². The molecule has 0 aromatic heterocycles. The average molecular weight is 305 g/mol. The first kappa shape index (κ1) is 15.1. The van der Waals surface area contributed by atoms with Crippen LogP contribution in [0.3, 0.4) is 0 Å². The van der Waals surface area contributed by atoms with E-state index in [1.54, 1.807) is 12.1 Å². The maximum absolute atomic E-state index is 13.6. The zero-order chi connectivity index (χ0) is 13.7. The first-order chi connectivity index (χ1) is 9.16. The fourth-order valence-corrected chi connectivity index (χ4v) is 2.97. The lowest BCUT2D eigenvalue weighted by molar-refractivity contribution is 0.0100. The average Bonchev–Trinajstić information content (AvgIpc) is 2.42. The van der Waals surface area contributed by atoms with Gasteiger partial charge in [-0.2, -0.15) is 0 Å². The molecule has 1 saturated heterocycles. The molecule has 0 saturated carbocycles. The maximum Gasteiger partial charge on any atom is 0.127 e. The zero-order valence-electron chi connectivity index (χ0n) is 10.9. The van der Waals surface area contributed by atoms with E-state index < -0.39 is 0 Å². The van der Waals surface area contributed by atoms with Crippen molar-refractivity contribution in [3.05, 3.63) is 34.6 Å². The summed E-state index contributed by atoms with van der Waals surface area (Å²) in [6, 6.07) is 4.74. The van der Waals surface area contributed by atoms with Gasteiger partial charge in [0.15, 0.2) is 0 Å². The lowest BCUT2D eigenvalue weighted by atomic mass is 10.0. The van der Waals surface area contributed by atoms with Crippen molar-refractivity contribution in [3.8, 4) is 0 Å². The summed E-state index contributed by atoms with van der Waals surface area (Å²) >= 11 is 12.3. The van der Waals surface area contributed by atoms with Gasteiger partial charge in [-0.05, 0) is 50.7 Å². The lowest BCUT2D eigenvalue weighted by Gasteiger charge is -2.23. The van der Waals surface area contributed by atoms with Crippen molar-refractivity contribution in [1.82, 2.24) is 0 Å². The summed E-state index contributed by atoms with van der Waals surface area (Å²) in [7, 11) is 0. The highest BCUT2D eigenvalue weighted by Gasteiger charge is 2.17. The monoisotopic (exact) mass is 304 g/mol. The van der Waals surface area contributed by atoms with Crippen LogP contribution in [0.25, 0.3) is 0 Å². The molecule has 0 aliphatic carbocycles. The fraction of sp³-hybridized carbons (Fsp3) is 0.600. The molecule has 0 N–H and O–H groups in total. The van der Waals surface area contributed by atoms with Crippen molar-refractivity contribution < 1.29 is 9.13 Å². The highest BCUT2D eigenvalue weighted by Crippen LogP contribution is 2.25. The molecule has 19 heavy (non-hydrogen) atoms. The predicted octanol–water partition coefficient (Wildman–Crippen LogP) is 4.98. The van der Waals surface area contributed by atoms with E-state index in [-0.39, 0.29) is 11.2 Å². The number of halogens is 3. The molecule has 2 rings (SSSR count).